The van der Waals surface area contributed by atoms with Gasteiger partial charge in [0.1, 0.15) is 0 Å². The molecule has 1 rings (SSSR count). The van der Waals surface area contributed by atoms with E-state index in [0.717, 1.165) is 0 Å². The summed E-state index contributed by atoms with van der Waals surface area (Å²) in [6.45, 7) is 5.44. The Labute approximate surface area is 95.3 Å². The fourth-order valence-corrected chi connectivity index (χ4v) is 1.14. The van der Waals surface area contributed by atoms with Crippen LogP contribution < -0.4 is 23.8 Å². The number of nitrogens with two attached hydrogens (primary N) is 2. The standard InChI is InChI=1S/C6H12.C5H14N2.2H3N/c1-2-4-6-5-3-1;1-5(2,3-6)4-7;;/h1-6H2;3-4,6-7H2,1-2H3;2*1H3. The van der Waals surface area contributed by atoms with Gasteiger partial charge in [0.05, 0.1) is 0 Å². The van der Waals surface area contributed by atoms with Crippen LogP contribution in [0.15, 0.2) is 0 Å². The Hall–Kier alpha value is -0.160. The monoisotopic (exact) mass is 220 g/mol. The number of hydrogen-bond donors (Lipinski definition) is 4. The molecule has 15 heavy (non-hydrogen) atoms. The minimum atomic E-state index is 0. The van der Waals surface area contributed by atoms with E-state index < -0.39 is 0 Å². The van der Waals surface area contributed by atoms with Crippen molar-refractivity contribution < 1.29 is 0 Å². The first kappa shape index (κ1) is 20.3. The third-order valence-electron chi connectivity index (χ3n) is 2.61. The van der Waals surface area contributed by atoms with E-state index in [4.69, 9.17) is 11.5 Å². The second-order valence-electron chi connectivity index (χ2n) is 4.69. The summed E-state index contributed by atoms with van der Waals surface area (Å²) >= 11 is 0. The highest BCUT2D eigenvalue weighted by molar-refractivity contribution is 4.68. The minimum absolute atomic E-state index is 0. The van der Waals surface area contributed by atoms with Gasteiger partial charge in [0.2, 0.25) is 0 Å². The van der Waals surface area contributed by atoms with Crippen LogP contribution in [0.3, 0.4) is 0 Å². The van der Waals surface area contributed by atoms with E-state index in [1.54, 1.807) is 0 Å². The van der Waals surface area contributed by atoms with Crippen molar-refractivity contribution in [1.82, 2.24) is 12.3 Å². The molecule has 0 radical (unpaired) electrons. The minimum Gasteiger partial charge on any atom is -0.344 e. The first-order valence-electron chi connectivity index (χ1n) is 5.52. The Morgan fingerprint density at radius 2 is 0.933 bits per heavy atom. The molecule has 0 unspecified atom stereocenters. The van der Waals surface area contributed by atoms with Crippen molar-refractivity contribution in [1.29, 1.82) is 0 Å². The van der Waals surface area contributed by atoms with Crippen LogP contribution >= 0.6 is 0 Å². The number of rotatable bonds is 2. The highest BCUT2D eigenvalue weighted by Crippen LogP contribution is 2.15. The third kappa shape index (κ3) is 13.8. The van der Waals surface area contributed by atoms with Crippen molar-refractivity contribution in [2.75, 3.05) is 13.1 Å². The first-order chi connectivity index (χ1) is 6.12. The molecule has 0 bridgehead atoms. The van der Waals surface area contributed by atoms with E-state index in [1.165, 1.54) is 38.5 Å². The van der Waals surface area contributed by atoms with Gasteiger partial charge < -0.3 is 23.8 Å². The molecule has 0 aromatic carbocycles. The van der Waals surface area contributed by atoms with Gasteiger partial charge in [-0.15, -0.1) is 0 Å². The van der Waals surface area contributed by atoms with Crippen LogP contribution in [0.25, 0.3) is 0 Å². The van der Waals surface area contributed by atoms with Gasteiger partial charge in [-0.05, 0) is 18.5 Å². The molecule has 10 N–H and O–H groups in total. The highest BCUT2D eigenvalue weighted by atomic mass is 14.6. The van der Waals surface area contributed by atoms with Gasteiger partial charge in [-0.25, -0.2) is 0 Å². The van der Waals surface area contributed by atoms with E-state index in [2.05, 4.69) is 0 Å². The average Bonchev–Trinajstić information content (AvgIpc) is 2.21. The molecule has 4 nitrogen and oxygen atoms in total. The molecule has 96 valence electrons. The number of hydrogen-bond acceptors (Lipinski definition) is 4. The lowest BCUT2D eigenvalue weighted by molar-refractivity contribution is 0.393. The zero-order valence-corrected chi connectivity index (χ0v) is 10.7. The smallest absolute Gasteiger partial charge is 0.00138 e. The summed E-state index contributed by atoms with van der Waals surface area (Å²) < 4.78 is 0. The predicted molar refractivity (Wildman–Crippen MR) is 69.6 cm³/mol. The van der Waals surface area contributed by atoms with Gasteiger partial charge in [-0.3, -0.25) is 0 Å². The van der Waals surface area contributed by atoms with Gasteiger partial charge in [0, 0.05) is 0 Å². The van der Waals surface area contributed by atoms with Crippen LogP contribution in [-0.4, -0.2) is 13.1 Å². The fraction of sp³-hybridized carbons (Fsp3) is 1.00. The second kappa shape index (κ2) is 11.9. The molecule has 1 aliphatic rings. The summed E-state index contributed by atoms with van der Waals surface area (Å²) in [5, 5.41) is 0. The maximum Gasteiger partial charge on any atom is -0.00138 e. The Morgan fingerprint density at radius 1 is 0.733 bits per heavy atom. The van der Waals surface area contributed by atoms with Crippen LogP contribution in [0.4, 0.5) is 0 Å². The topological polar surface area (TPSA) is 122 Å². The normalized spacial score (nSPS) is 15.2. The molecule has 0 spiro atoms. The molecule has 0 aromatic heterocycles. The summed E-state index contributed by atoms with van der Waals surface area (Å²) in [5.74, 6) is 0. The Bertz CT molecular complexity index is 93.6. The summed E-state index contributed by atoms with van der Waals surface area (Å²) in [6.07, 6.45) is 9.00. The summed E-state index contributed by atoms with van der Waals surface area (Å²) in [5.41, 5.74) is 10.8. The maximum atomic E-state index is 5.34. The van der Waals surface area contributed by atoms with Crippen molar-refractivity contribution in [3.8, 4) is 0 Å². The van der Waals surface area contributed by atoms with Crippen LogP contribution in [0.2, 0.25) is 0 Å². The molecule has 4 heteroatoms. The van der Waals surface area contributed by atoms with Crippen LogP contribution in [0.1, 0.15) is 52.4 Å². The zero-order valence-electron chi connectivity index (χ0n) is 10.7. The third-order valence-corrected chi connectivity index (χ3v) is 2.61. The molecule has 0 aliphatic heterocycles. The van der Waals surface area contributed by atoms with E-state index in [-0.39, 0.29) is 17.7 Å². The predicted octanol–water partition coefficient (Wildman–Crippen LogP) is 2.59. The fourth-order valence-electron chi connectivity index (χ4n) is 1.14. The Balaban J connectivity index is -0.000000170. The van der Waals surface area contributed by atoms with Crippen LogP contribution in [-0.2, 0) is 0 Å². The van der Waals surface area contributed by atoms with Crippen molar-refractivity contribution in [3.05, 3.63) is 0 Å². The van der Waals surface area contributed by atoms with Crippen LogP contribution in [0, 0.1) is 5.41 Å². The van der Waals surface area contributed by atoms with Crippen molar-refractivity contribution in [2.45, 2.75) is 52.4 Å². The summed E-state index contributed by atoms with van der Waals surface area (Å²) in [4.78, 5) is 0. The first-order valence-corrected chi connectivity index (χ1v) is 5.52. The SMILES string of the molecule is C1CCCCC1.CC(C)(CN)CN.N.N. The summed E-state index contributed by atoms with van der Waals surface area (Å²) in [6, 6.07) is 0. The lowest BCUT2D eigenvalue weighted by atomic mass is 9.95. The lowest BCUT2D eigenvalue weighted by Gasteiger charge is -2.18. The molecule has 1 saturated carbocycles. The van der Waals surface area contributed by atoms with E-state index in [0.29, 0.717) is 13.1 Å². The molecule has 1 fully saturated rings. The Kier molecular flexibility index (Phi) is 16.1. The lowest BCUT2D eigenvalue weighted by Crippen LogP contribution is -2.31. The van der Waals surface area contributed by atoms with Gasteiger partial charge >= 0.3 is 0 Å². The van der Waals surface area contributed by atoms with Gasteiger partial charge in [0.15, 0.2) is 0 Å². The van der Waals surface area contributed by atoms with Gasteiger partial charge in [-0.1, -0.05) is 52.4 Å². The maximum absolute atomic E-state index is 5.34. The van der Waals surface area contributed by atoms with Crippen molar-refractivity contribution in [2.24, 2.45) is 16.9 Å². The molecule has 0 saturated heterocycles. The molecule has 0 amide bonds. The van der Waals surface area contributed by atoms with E-state index in [1.807, 2.05) is 13.8 Å². The van der Waals surface area contributed by atoms with Crippen molar-refractivity contribution in [3.63, 3.8) is 0 Å². The molecule has 0 heterocycles. The average molecular weight is 220 g/mol. The van der Waals surface area contributed by atoms with Gasteiger partial charge in [0.25, 0.3) is 0 Å². The van der Waals surface area contributed by atoms with E-state index in [9.17, 15) is 0 Å². The molecule has 1 aliphatic carbocycles. The molecule has 0 aromatic rings. The van der Waals surface area contributed by atoms with E-state index >= 15 is 0 Å². The molecular formula is C11H32N4. The highest BCUT2D eigenvalue weighted by Gasteiger charge is 2.10. The van der Waals surface area contributed by atoms with Crippen LogP contribution in [0.5, 0.6) is 0 Å². The largest absolute Gasteiger partial charge is 0.344 e. The summed E-state index contributed by atoms with van der Waals surface area (Å²) in [7, 11) is 0. The second-order valence-corrected chi connectivity index (χ2v) is 4.69. The quantitative estimate of drug-likeness (QED) is 0.571. The van der Waals surface area contributed by atoms with Crippen molar-refractivity contribution >= 4 is 0 Å². The van der Waals surface area contributed by atoms with Gasteiger partial charge in [-0.2, -0.15) is 0 Å². The Morgan fingerprint density at radius 3 is 1.00 bits per heavy atom. The zero-order chi connectivity index (χ0) is 10.2. The molecule has 0 atom stereocenters. The molecular weight excluding hydrogens is 188 g/mol.